The molecule has 2 aliphatic rings. The van der Waals surface area contributed by atoms with Crippen molar-refractivity contribution in [3.05, 3.63) is 17.5 Å². The molecule has 2 heterocycles. The van der Waals surface area contributed by atoms with E-state index in [9.17, 15) is 9.59 Å². The Labute approximate surface area is 111 Å². The summed E-state index contributed by atoms with van der Waals surface area (Å²) < 4.78 is 1.88. The summed E-state index contributed by atoms with van der Waals surface area (Å²) in [5.41, 5.74) is 2.32. The molecule has 2 N–H and O–H groups in total. The highest BCUT2D eigenvalue weighted by atomic mass is 16.2. The lowest BCUT2D eigenvalue weighted by Gasteiger charge is -2.25. The molecular weight excluding hydrogens is 244 g/mol. The van der Waals surface area contributed by atoms with Gasteiger partial charge in [0, 0.05) is 24.7 Å². The van der Waals surface area contributed by atoms with Gasteiger partial charge in [0.25, 0.3) is 0 Å². The van der Waals surface area contributed by atoms with Gasteiger partial charge < -0.3 is 10.6 Å². The molecule has 0 spiro atoms. The van der Waals surface area contributed by atoms with E-state index in [2.05, 4.69) is 15.7 Å². The lowest BCUT2D eigenvalue weighted by atomic mass is 9.92. The fourth-order valence-corrected chi connectivity index (χ4v) is 2.94. The van der Waals surface area contributed by atoms with Crippen LogP contribution in [0.15, 0.2) is 6.20 Å². The van der Waals surface area contributed by atoms with E-state index in [-0.39, 0.29) is 23.9 Å². The number of nitrogens with zero attached hydrogens (tertiary/aromatic N) is 2. The van der Waals surface area contributed by atoms with Gasteiger partial charge in [-0.05, 0) is 25.7 Å². The summed E-state index contributed by atoms with van der Waals surface area (Å²) in [5, 5.41) is 10.0. The van der Waals surface area contributed by atoms with E-state index in [1.165, 1.54) is 5.69 Å². The molecule has 19 heavy (non-hydrogen) atoms. The van der Waals surface area contributed by atoms with E-state index < -0.39 is 0 Å². The SMILES string of the molecule is Cn1ncc2c1CCCC2NC(=O)C1CCC(=O)N1. The molecule has 1 saturated heterocycles. The molecule has 2 unspecified atom stereocenters. The number of amides is 2. The first-order valence-corrected chi connectivity index (χ1v) is 6.75. The second-order valence-corrected chi connectivity index (χ2v) is 5.28. The summed E-state index contributed by atoms with van der Waals surface area (Å²) in [6.45, 7) is 0. The Morgan fingerprint density at radius 1 is 1.47 bits per heavy atom. The predicted molar refractivity (Wildman–Crippen MR) is 68.2 cm³/mol. The van der Waals surface area contributed by atoms with Gasteiger partial charge in [0.1, 0.15) is 6.04 Å². The van der Waals surface area contributed by atoms with Crippen LogP contribution in [-0.4, -0.2) is 27.6 Å². The Bertz CT molecular complexity index is 523. The monoisotopic (exact) mass is 262 g/mol. The van der Waals surface area contributed by atoms with Crippen LogP contribution in [-0.2, 0) is 23.1 Å². The number of nitrogens with one attached hydrogen (secondary N) is 2. The summed E-state index contributed by atoms with van der Waals surface area (Å²) in [5.74, 6) is -0.113. The number of hydrogen-bond donors (Lipinski definition) is 2. The Kier molecular flexibility index (Phi) is 3.00. The first-order valence-electron chi connectivity index (χ1n) is 6.75. The van der Waals surface area contributed by atoms with Crippen LogP contribution >= 0.6 is 0 Å². The zero-order valence-corrected chi connectivity index (χ0v) is 11.0. The van der Waals surface area contributed by atoms with Gasteiger partial charge in [0.2, 0.25) is 11.8 Å². The number of carbonyl (C=O) groups excluding carboxylic acids is 2. The molecule has 2 amide bonds. The summed E-state index contributed by atoms with van der Waals surface area (Å²) in [6, 6.07) is -0.336. The van der Waals surface area contributed by atoms with Crippen molar-refractivity contribution in [2.75, 3.05) is 0 Å². The first-order chi connectivity index (χ1) is 9.15. The minimum absolute atomic E-state index is 0.0300. The maximum atomic E-state index is 12.1. The van der Waals surface area contributed by atoms with E-state index in [0.29, 0.717) is 12.8 Å². The molecule has 0 radical (unpaired) electrons. The molecule has 0 bridgehead atoms. The minimum atomic E-state index is -0.366. The molecule has 6 heteroatoms. The quantitative estimate of drug-likeness (QED) is 0.799. The molecule has 102 valence electrons. The second kappa shape index (κ2) is 4.68. The zero-order chi connectivity index (χ0) is 13.4. The summed E-state index contributed by atoms with van der Waals surface area (Å²) in [6.07, 6.45) is 5.88. The Hall–Kier alpha value is -1.85. The van der Waals surface area contributed by atoms with Gasteiger partial charge in [0.05, 0.1) is 12.2 Å². The van der Waals surface area contributed by atoms with E-state index in [0.717, 1.165) is 24.8 Å². The maximum absolute atomic E-state index is 12.1. The van der Waals surface area contributed by atoms with Gasteiger partial charge in [0.15, 0.2) is 0 Å². The second-order valence-electron chi connectivity index (χ2n) is 5.28. The molecule has 0 saturated carbocycles. The first kappa shape index (κ1) is 12.2. The molecule has 3 rings (SSSR count). The smallest absolute Gasteiger partial charge is 0.243 e. The molecule has 0 aromatic carbocycles. The van der Waals surface area contributed by atoms with Crippen LogP contribution in [0.4, 0.5) is 0 Å². The molecule has 2 atom stereocenters. The molecule has 1 aromatic heterocycles. The lowest BCUT2D eigenvalue weighted by molar-refractivity contribution is -0.126. The normalized spacial score (nSPS) is 25.8. The molecule has 1 aliphatic carbocycles. The van der Waals surface area contributed by atoms with Gasteiger partial charge in [-0.2, -0.15) is 5.10 Å². The molecular formula is C13H18N4O2. The van der Waals surface area contributed by atoms with E-state index in [4.69, 9.17) is 0 Å². The van der Waals surface area contributed by atoms with E-state index >= 15 is 0 Å². The van der Waals surface area contributed by atoms with Crippen molar-refractivity contribution >= 4 is 11.8 Å². The predicted octanol–water partition coefficient (Wildman–Crippen LogP) is 0.192. The van der Waals surface area contributed by atoms with Crippen molar-refractivity contribution in [1.82, 2.24) is 20.4 Å². The van der Waals surface area contributed by atoms with Gasteiger partial charge in [-0.3, -0.25) is 14.3 Å². The summed E-state index contributed by atoms with van der Waals surface area (Å²) in [7, 11) is 1.93. The largest absolute Gasteiger partial charge is 0.347 e. The standard InChI is InChI=1S/C13H18N4O2/c1-17-11-4-2-3-9(8(11)7-14-17)16-13(19)10-5-6-12(18)15-10/h7,9-10H,2-6H2,1H3,(H,15,18)(H,16,19). The summed E-state index contributed by atoms with van der Waals surface area (Å²) >= 11 is 0. The van der Waals surface area contributed by atoms with Crippen molar-refractivity contribution in [2.24, 2.45) is 7.05 Å². The van der Waals surface area contributed by atoms with Crippen LogP contribution in [0, 0.1) is 0 Å². The van der Waals surface area contributed by atoms with Gasteiger partial charge in [-0.1, -0.05) is 0 Å². The van der Waals surface area contributed by atoms with Crippen LogP contribution in [0.5, 0.6) is 0 Å². The number of fused-ring (bicyclic) bond motifs is 1. The van der Waals surface area contributed by atoms with Crippen molar-refractivity contribution < 1.29 is 9.59 Å². The van der Waals surface area contributed by atoms with Gasteiger partial charge in [-0.15, -0.1) is 0 Å². The molecule has 1 aromatic rings. The number of aromatic nitrogens is 2. The van der Waals surface area contributed by atoms with Crippen LogP contribution in [0.1, 0.15) is 43.0 Å². The van der Waals surface area contributed by atoms with E-state index in [1.807, 2.05) is 17.9 Å². The van der Waals surface area contributed by atoms with E-state index in [1.54, 1.807) is 0 Å². The minimum Gasteiger partial charge on any atom is -0.347 e. The van der Waals surface area contributed by atoms with Crippen LogP contribution < -0.4 is 10.6 Å². The number of aryl methyl sites for hydroxylation is 1. The van der Waals surface area contributed by atoms with Crippen molar-refractivity contribution in [1.29, 1.82) is 0 Å². The highest BCUT2D eigenvalue weighted by Crippen LogP contribution is 2.29. The third kappa shape index (κ3) is 2.22. The summed E-state index contributed by atoms with van der Waals surface area (Å²) in [4.78, 5) is 23.3. The topological polar surface area (TPSA) is 76.0 Å². The van der Waals surface area contributed by atoms with Gasteiger partial charge in [-0.25, -0.2) is 0 Å². The fraction of sp³-hybridized carbons (Fsp3) is 0.615. The molecule has 6 nitrogen and oxygen atoms in total. The fourth-order valence-electron chi connectivity index (χ4n) is 2.94. The lowest BCUT2D eigenvalue weighted by Crippen LogP contribution is -2.43. The number of carbonyl (C=O) groups is 2. The van der Waals surface area contributed by atoms with Gasteiger partial charge >= 0.3 is 0 Å². The Morgan fingerprint density at radius 3 is 3.05 bits per heavy atom. The van der Waals surface area contributed by atoms with Crippen LogP contribution in [0.3, 0.4) is 0 Å². The van der Waals surface area contributed by atoms with Crippen molar-refractivity contribution in [3.8, 4) is 0 Å². The average molecular weight is 262 g/mol. The third-order valence-corrected chi connectivity index (χ3v) is 4.00. The highest BCUT2D eigenvalue weighted by Gasteiger charge is 2.31. The molecule has 1 fully saturated rings. The number of rotatable bonds is 2. The Balaban J connectivity index is 1.71. The molecule has 1 aliphatic heterocycles. The van der Waals surface area contributed by atoms with Crippen molar-refractivity contribution in [2.45, 2.75) is 44.2 Å². The highest BCUT2D eigenvalue weighted by molar-refractivity contribution is 5.90. The average Bonchev–Trinajstić information content (AvgIpc) is 2.98. The van der Waals surface area contributed by atoms with Crippen LogP contribution in [0.2, 0.25) is 0 Å². The zero-order valence-electron chi connectivity index (χ0n) is 11.0. The maximum Gasteiger partial charge on any atom is 0.243 e. The third-order valence-electron chi connectivity index (χ3n) is 4.00. The van der Waals surface area contributed by atoms with Crippen LogP contribution in [0.25, 0.3) is 0 Å². The van der Waals surface area contributed by atoms with Crippen molar-refractivity contribution in [3.63, 3.8) is 0 Å². The number of hydrogen-bond acceptors (Lipinski definition) is 3. The Morgan fingerprint density at radius 2 is 2.32 bits per heavy atom.